The first-order valence-electron chi connectivity index (χ1n) is 15.2. The molecule has 8 rings (SSSR count). The van der Waals surface area contributed by atoms with E-state index in [1.54, 1.807) is 0 Å². The molecule has 1 aliphatic carbocycles. The van der Waals surface area contributed by atoms with E-state index in [-0.39, 0.29) is 5.41 Å². The Balaban J connectivity index is 1.28. The second-order valence-electron chi connectivity index (χ2n) is 12.2. The highest BCUT2D eigenvalue weighted by atomic mass is 32.1. The number of benzene rings is 6. The van der Waals surface area contributed by atoms with Crippen molar-refractivity contribution in [3.8, 4) is 39.4 Å². The Hall–Kier alpha value is -5.43. The van der Waals surface area contributed by atoms with Crippen LogP contribution in [0.15, 0.2) is 128 Å². The highest BCUT2D eigenvalue weighted by Gasteiger charge is 2.36. The van der Waals surface area contributed by atoms with Gasteiger partial charge in [0.25, 0.3) is 0 Å². The van der Waals surface area contributed by atoms with Gasteiger partial charge in [-0.3, -0.25) is 0 Å². The van der Waals surface area contributed by atoms with Crippen molar-refractivity contribution in [3.63, 3.8) is 0 Å². The number of hydrogen-bond donors (Lipinski definition) is 1. The second-order valence-corrected chi connectivity index (χ2v) is 13.2. The lowest BCUT2D eigenvalue weighted by Gasteiger charge is -2.21. The first-order valence-corrected chi connectivity index (χ1v) is 16.0. The molecule has 0 amide bonds. The van der Waals surface area contributed by atoms with Gasteiger partial charge in [-0.2, -0.15) is 5.26 Å². The van der Waals surface area contributed by atoms with Gasteiger partial charge >= 0.3 is 0 Å². The highest BCUT2D eigenvalue weighted by molar-refractivity contribution is 7.26. The molecule has 0 atom stereocenters. The van der Waals surface area contributed by atoms with Crippen LogP contribution in [-0.2, 0) is 5.41 Å². The maximum Gasteiger partial charge on any atom is 0.0991 e. The van der Waals surface area contributed by atoms with Gasteiger partial charge in [-0.25, -0.2) is 0 Å². The van der Waals surface area contributed by atoms with E-state index >= 15 is 0 Å². The minimum absolute atomic E-state index is 0.0256. The van der Waals surface area contributed by atoms with Gasteiger partial charge < -0.3 is 5.32 Å². The second kappa shape index (κ2) is 10.3. The number of fused-ring (bicyclic) bond motifs is 7. The molecular formula is C42H30N2S. The van der Waals surface area contributed by atoms with E-state index in [4.69, 9.17) is 0 Å². The van der Waals surface area contributed by atoms with Gasteiger partial charge in [0.15, 0.2) is 0 Å². The molecule has 1 heterocycles. The zero-order valence-corrected chi connectivity index (χ0v) is 26.0. The SMILES string of the molecule is C=Cc1ccccc1-c1ccccc1Nc1ccc(C#N)cc1-c1ccc2sc3c4c(ccc3c2c1)C(C)(C)c1ccccc1-4. The van der Waals surface area contributed by atoms with E-state index in [1.807, 2.05) is 47.7 Å². The van der Waals surface area contributed by atoms with Gasteiger partial charge in [-0.15, -0.1) is 11.3 Å². The Morgan fingerprint density at radius 3 is 2.24 bits per heavy atom. The smallest absolute Gasteiger partial charge is 0.0991 e. The summed E-state index contributed by atoms with van der Waals surface area (Å²) in [6, 6.07) is 45.1. The lowest BCUT2D eigenvalue weighted by atomic mass is 9.82. The number of para-hydroxylation sites is 1. The summed E-state index contributed by atoms with van der Waals surface area (Å²) >= 11 is 1.88. The quantitative estimate of drug-likeness (QED) is 0.215. The number of thiophene rings is 1. The standard InChI is InChI=1S/C42H30N2S/c1-4-27-11-5-6-12-29(27)30-13-8-10-16-37(30)44-38-21-17-26(25-43)23-33(38)28-18-22-39-34(24-28)31-19-20-36-40(41(31)45-39)32-14-7-9-15-35(32)42(36,2)3/h4-24,44H,1H2,2-3H3. The van der Waals surface area contributed by atoms with E-state index in [0.29, 0.717) is 5.56 Å². The number of hydrogen-bond acceptors (Lipinski definition) is 3. The van der Waals surface area contributed by atoms with E-state index in [2.05, 4.69) is 123 Å². The maximum atomic E-state index is 9.85. The fourth-order valence-corrected chi connectivity index (χ4v) is 8.29. The van der Waals surface area contributed by atoms with Crippen LogP contribution in [0.4, 0.5) is 11.4 Å². The van der Waals surface area contributed by atoms with E-state index < -0.39 is 0 Å². The third-order valence-corrected chi connectivity index (χ3v) is 10.5. The van der Waals surface area contributed by atoms with Crippen LogP contribution < -0.4 is 5.32 Å². The van der Waals surface area contributed by atoms with E-state index in [9.17, 15) is 5.26 Å². The monoisotopic (exact) mass is 594 g/mol. The molecule has 214 valence electrons. The van der Waals surface area contributed by atoms with Crippen molar-refractivity contribution in [1.29, 1.82) is 5.26 Å². The molecule has 1 N–H and O–H groups in total. The molecule has 0 bridgehead atoms. The molecule has 0 unspecified atom stereocenters. The highest BCUT2D eigenvalue weighted by Crippen LogP contribution is 2.54. The van der Waals surface area contributed by atoms with Gasteiger partial charge in [0.05, 0.1) is 11.6 Å². The first kappa shape index (κ1) is 27.1. The van der Waals surface area contributed by atoms with E-state index in [0.717, 1.165) is 39.2 Å². The number of anilines is 2. The van der Waals surface area contributed by atoms with Crippen molar-refractivity contribution in [3.05, 3.63) is 150 Å². The van der Waals surface area contributed by atoms with Crippen LogP contribution in [0.5, 0.6) is 0 Å². The third-order valence-electron chi connectivity index (χ3n) is 9.31. The normalized spacial score (nSPS) is 12.9. The van der Waals surface area contributed by atoms with Gasteiger partial charge in [0.1, 0.15) is 0 Å². The lowest BCUT2D eigenvalue weighted by Crippen LogP contribution is -2.14. The zero-order chi connectivity index (χ0) is 30.7. The molecule has 3 heteroatoms. The van der Waals surface area contributed by atoms with E-state index in [1.165, 1.54) is 42.4 Å². The molecule has 0 saturated heterocycles. The van der Waals surface area contributed by atoms with Crippen LogP contribution in [0, 0.1) is 11.3 Å². The van der Waals surface area contributed by atoms with Crippen molar-refractivity contribution in [2.45, 2.75) is 19.3 Å². The Labute approximate surface area is 267 Å². The molecule has 6 aromatic carbocycles. The van der Waals surface area contributed by atoms with Crippen molar-refractivity contribution in [2.24, 2.45) is 0 Å². The summed E-state index contributed by atoms with van der Waals surface area (Å²) < 4.78 is 2.61. The van der Waals surface area contributed by atoms with Gasteiger partial charge in [-0.1, -0.05) is 111 Å². The van der Waals surface area contributed by atoms with Crippen molar-refractivity contribution in [2.75, 3.05) is 5.32 Å². The molecule has 0 saturated carbocycles. The number of nitriles is 1. The predicted octanol–water partition coefficient (Wildman–Crippen LogP) is 12.0. The van der Waals surface area contributed by atoms with Crippen molar-refractivity contribution in [1.82, 2.24) is 0 Å². The van der Waals surface area contributed by atoms with Crippen LogP contribution >= 0.6 is 11.3 Å². The summed E-state index contributed by atoms with van der Waals surface area (Å²) in [5, 5.41) is 16.1. The molecule has 1 aliphatic rings. The molecule has 0 aliphatic heterocycles. The summed E-state index contributed by atoms with van der Waals surface area (Å²) in [5.74, 6) is 0. The number of nitrogens with zero attached hydrogens (tertiary/aromatic N) is 1. The summed E-state index contributed by atoms with van der Waals surface area (Å²) in [5.41, 5.74) is 13.4. The van der Waals surface area contributed by atoms with Gasteiger partial charge in [0, 0.05) is 53.7 Å². The Morgan fingerprint density at radius 1 is 0.689 bits per heavy atom. The fourth-order valence-electron chi connectivity index (χ4n) is 7.04. The Morgan fingerprint density at radius 2 is 1.42 bits per heavy atom. The van der Waals surface area contributed by atoms with Crippen LogP contribution in [0.25, 0.3) is 59.6 Å². The van der Waals surface area contributed by atoms with Gasteiger partial charge in [0.2, 0.25) is 0 Å². The third kappa shape index (κ3) is 4.22. The average Bonchev–Trinajstić information content (AvgIpc) is 3.57. The first-order chi connectivity index (χ1) is 22.0. The lowest BCUT2D eigenvalue weighted by molar-refractivity contribution is 0.661. The Kier molecular flexibility index (Phi) is 6.24. The molecule has 0 fully saturated rings. The average molecular weight is 595 g/mol. The van der Waals surface area contributed by atoms with Gasteiger partial charge in [-0.05, 0) is 69.8 Å². The largest absolute Gasteiger partial charge is 0.355 e. The molecule has 45 heavy (non-hydrogen) atoms. The summed E-state index contributed by atoms with van der Waals surface area (Å²) in [4.78, 5) is 0. The number of nitrogens with one attached hydrogen (secondary N) is 1. The predicted molar refractivity (Wildman–Crippen MR) is 192 cm³/mol. The number of rotatable bonds is 5. The minimum Gasteiger partial charge on any atom is -0.355 e. The molecule has 0 spiro atoms. The van der Waals surface area contributed by atoms with Crippen molar-refractivity contribution < 1.29 is 0 Å². The zero-order valence-electron chi connectivity index (χ0n) is 25.2. The molecule has 0 radical (unpaired) electrons. The van der Waals surface area contributed by atoms with Crippen LogP contribution in [0.2, 0.25) is 0 Å². The summed E-state index contributed by atoms with van der Waals surface area (Å²) in [7, 11) is 0. The van der Waals surface area contributed by atoms with Crippen LogP contribution in [-0.4, -0.2) is 0 Å². The molecular weight excluding hydrogens is 565 g/mol. The van der Waals surface area contributed by atoms with Crippen LogP contribution in [0.3, 0.4) is 0 Å². The maximum absolute atomic E-state index is 9.85. The Bertz CT molecular complexity index is 2370. The molecule has 2 nitrogen and oxygen atoms in total. The van der Waals surface area contributed by atoms with Crippen molar-refractivity contribution >= 4 is 49.0 Å². The molecule has 1 aromatic heterocycles. The van der Waals surface area contributed by atoms with Crippen LogP contribution in [0.1, 0.15) is 36.1 Å². The fraction of sp³-hybridized carbons (Fsp3) is 0.0714. The topological polar surface area (TPSA) is 35.8 Å². The minimum atomic E-state index is -0.0256. The summed E-state index contributed by atoms with van der Waals surface area (Å²) in [6.45, 7) is 8.70. The summed E-state index contributed by atoms with van der Waals surface area (Å²) in [6.07, 6.45) is 1.90. The molecule has 7 aromatic rings.